The lowest BCUT2D eigenvalue weighted by atomic mass is 10.0. The largest absolute Gasteiger partial charge is 0.322 e. The number of aryl methyl sites for hydroxylation is 1. The Morgan fingerprint density at radius 2 is 1.80 bits per heavy atom. The summed E-state index contributed by atoms with van der Waals surface area (Å²) in [6.45, 7) is 6.21. The number of benzene rings is 2. The van der Waals surface area contributed by atoms with Gasteiger partial charge in [0.15, 0.2) is 0 Å². The third-order valence-electron chi connectivity index (χ3n) is 3.27. The molecule has 0 radical (unpaired) electrons. The molecule has 0 aromatic heterocycles. The minimum Gasteiger partial charge on any atom is -0.322 e. The summed E-state index contributed by atoms with van der Waals surface area (Å²) in [6, 6.07) is 13.6. The number of hydrogen-bond acceptors (Lipinski definition) is 1. The molecular weight excluding hydrogens is 314 g/mol. The fourth-order valence-electron chi connectivity index (χ4n) is 2.13. The second-order valence-corrected chi connectivity index (χ2v) is 5.93. The number of hydrogen-bond donors (Lipinski definition) is 1. The molecule has 0 bridgehead atoms. The van der Waals surface area contributed by atoms with Crippen LogP contribution in [0.2, 0.25) is 0 Å². The standard InChI is InChI=1S/C17H18BrNO/c1-11(2)13-8-4-5-10-15(13)19-17(20)14-9-6-7-12(3)16(14)18/h4-11H,1-3H3,(H,19,20). The topological polar surface area (TPSA) is 29.1 Å². The lowest BCUT2D eigenvalue weighted by molar-refractivity contribution is 0.102. The van der Waals surface area contributed by atoms with Crippen LogP contribution >= 0.6 is 15.9 Å². The molecule has 2 nitrogen and oxygen atoms in total. The summed E-state index contributed by atoms with van der Waals surface area (Å²) in [5.74, 6) is 0.279. The van der Waals surface area contributed by atoms with Crippen LogP contribution in [-0.2, 0) is 0 Å². The van der Waals surface area contributed by atoms with Gasteiger partial charge in [0.1, 0.15) is 0 Å². The summed E-state index contributed by atoms with van der Waals surface area (Å²) >= 11 is 3.48. The zero-order valence-corrected chi connectivity index (χ0v) is 13.5. The van der Waals surface area contributed by atoms with Gasteiger partial charge in [-0.15, -0.1) is 0 Å². The predicted octanol–water partition coefficient (Wildman–Crippen LogP) is 5.13. The minimum atomic E-state index is -0.0892. The van der Waals surface area contributed by atoms with E-state index >= 15 is 0 Å². The van der Waals surface area contributed by atoms with Crippen LogP contribution in [0.25, 0.3) is 0 Å². The zero-order valence-electron chi connectivity index (χ0n) is 11.9. The van der Waals surface area contributed by atoms with Crippen LogP contribution in [0.3, 0.4) is 0 Å². The Hall–Kier alpha value is -1.61. The summed E-state index contributed by atoms with van der Waals surface area (Å²) in [7, 11) is 0. The lowest BCUT2D eigenvalue weighted by Crippen LogP contribution is -2.14. The highest BCUT2D eigenvalue weighted by Gasteiger charge is 2.14. The molecule has 1 N–H and O–H groups in total. The van der Waals surface area contributed by atoms with E-state index in [9.17, 15) is 4.79 Å². The number of carbonyl (C=O) groups excluding carboxylic acids is 1. The van der Waals surface area contributed by atoms with E-state index in [1.807, 2.05) is 49.4 Å². The number of carbonyl (C=O) groups is 1. The first-order valence-corrected chi connectivity index (χ1v) is 7.45. The second-order valence-electron chi connectivity index (χ2n) is 5.13. The number of para-hydroxylation sites is 1. The van der Waals surface area contributed by atoms with Crippen molar-refractivity contribution < 1.29 is 4.79 Å². The monoisotopic (exact) mass is 331 g/mol. The number of anilines is 1. The maximum absolute atomic E-state index is 12.4. The van der Waals surface area contributed by atoms with Gasteiger partial charge in [0.2, 0.25) is 0 Å². The summed E-state index contributed by atoms with van der Waals surface area (Å²) in [5, 5.41) is 3.01. The molecule has 0 saturated heterocycles. The van der Waals surface area contributed by atoms with Gasteiger partial charge in [0.25, 0.3) is 5.91 Å². The van der Waals surface area contributed by atoms with Crippen LogP contribution in [0.5, 0.6) is 0 Å². The number of amides is 1. The highest BCUT2D eigenvalue weighted by Crippen LogP contribution is 2.26. The Morgan fingerprint density at radius 3 is 2.50 bits per heavy atom. The molecular formula is C17H18BrNO. The predicted molar refractivity (Wildman–Crippen MR) is 87.4 cm³/mol. The maximum atomic E-state index is 12.4. The summed E-state index contributed by atoms with van der Waals surface area (Å²) < 4.78 is 0.847. The first-order chi connectivity index (χ1) is 9.50. The molecule has 0 heterocycles. The van der Waals surface area contributed by atoms with Crippen LogP contribution < -0.4 is 5.32 Å². The van der Waals surface area contributed by atoms with Crippen molar-refractivity contribution in [1.82, 2.24) is 0 Å². The molecule has 3 heteroatoms. The van der Waals surface area contributed by atoms with Gasteiger partial charge < -0.3 is 5.32 Å². The molecule has 104 valence electrons. The van der Waals surface area contributed by atoms with Crippen molar-refractivity contribution >= 4 is 27.5 Å². The van der Waals surface area contributed by atoms with Gasteiger partial charge in [-0.2, -0.15) is 0 Å². The Kier molecular flexibility index (Phi) is 4.61. The van der Waals surface area contributed by atoms with Gasteiger partial charge in [-0.3, -0.25) is 4.79 Å². The smallest absolute Gasteiger partial charge is 0.256 e. The quantitative estimate of drug-likeness (QED) is 0.829. The van der Waals surface area contributed by atoms with Crippen molar-refractivity contribution in [2.75, 3.05) is 5.32 Å². The normalized spacial score (nSPS) is 10.7. The molecule has 0 atom stereocenters. The Bertz CT molecular complexity index is 635. The van der Waals surface area contributed by atoms with Crippen LogP contribution in [0.15, 0.2) is 46.9 Å². The molecule has 0 spiro atoms. The van der Waals surface area contributed by atoms with Gasteiger partial charge in [0, 0.05) is 10.2 Å². The van der Waals surface area contributed by atoms with Crippen molar-refractivity contribution in [1.29, 1.82) is 0 Å². The Labute approximate surface area is 128 Å². The maximum Gasteiger partial charge on any atom is 0.256 e. The number of halogens is 1. The number of rotatable bonds is 3. The zero-order chi connectivity index (χ0) is 14.7. The van der Waals surface area contributed by atoms with Gasteiger partial charge in [-0.05, 0) is 52.0 Å². The Morgan fingerprint density at radius 1 is 1.10 bits per heavy atom. The molecule has 2 aromatic carbocycles. The fourth-order valence-corrected chi connectivity index (χ4v) is 2.57. The van der Waals surface area contributed by atoms with Crippen molar-refractivity contribution in [2.45, 2.75) is 26.7 Å². The van der Waals surface area contributed by atoms with E-state index in [1.54, 1.807) is 0 Å². The lowest BCUT2D eigenvalue weighted by Gasteiger charge is -2.14. The molecule has 0 saturated carbocycles. The van der Waals surface area contributed by atoms with E-state index in [0.29, 0.717) is 11.5 Å². The highest BCUT2D eigenvalue weighted by molar-refractivity contribution is 9.10. The van der Waals surface area contributed by atoms with Crippen molar-refractivity contribution in [3.8, 4) is 0 Å². The van der Waals surface area contributed by atoms with Gasteiger partial charge in [0.05, 0.1) is 5.56 Å². The van der Waals surface area contributed by atoms with Crippen LogP contribution in [0, 0.1) is 6.92 Å². The molecule has 2 aromatic rings. The first kappa shape index (κ1) is 14.8. The van der Waals surface area contributed by atoms with Crippen molar-refractivity contribution in [3.63, 3.8) is 0 Å². The third-order valence-corrected chi connectivity index (χ3v) is 4.32. The minimum absolute atomic E-state index is 0.0892. The van der Waals surface area contributed by atoms with E-state index in [2.05, 4.69) is 35.1 Å². The summed E-state index contributed by atoms with van der Waals surface area (Å²) in [6.07, 6.45) is 0. The van der Waals surface area contributed by atoms with E-state index in [4.69, 9.17) is 0 Å². The van der Waals surface area contributed by atoms with Gasteiger partial charge in [-0.25, -0.2) is 0 Å². The molecule has 0 fully saturated rings. The van der Waals surface area contributed by atoms with E-state index < -0.39 is 0 Å². The van der Waals surface area contributed by atoms with Crippen LogP contribution in [-0.4, -0.2) is 5.91 Å². The Balaban J connectivity index is 2.31. The average Bonchev–Trinajstić information content (AvgIpc) is 2.42. The van der Waals surface area contributed by atoms with Crippen LogP contribution in [0.4, 0.5) is 5.69 Å². The summed E-state index contributed by atoms with van der Waals surface area (Å²) in [4.78, 5) is 12.4. The molecule has 0 aliphatic heterocycles. The SMILES string of the molecule is Cc1cccc(C(=O)Nc2ccccc2C(C)C)c1Br. The highest BCUT2D eigenvalue weighted by atomic mass is 79.9. The van der Waals surface area contributed by atoms with E-state index in [-0.39, 0.29) is 5.91 Å². The summed E-state index contributed by atoms with van der Waals surface area (Å²) in [5.41, 5.74) is 3.73. The molecule has 1 amide bonds. The van der Waals surface area contributed by atoms with Crippen molar-refractivity contribution in [2.24, 2.45) is 0 Å². The first-order valence-electron chi connectivity index (χ1n) is 6.66. The van der Waals surface area contributed by atoms with Crippen LogP contribution in [0.1, 0.15) is 41.3 Å². The average molecular weight is 332 g/mol. The van der Waals surface area contributed by atoms with E-state index in [0.717, 1.165) is 21.3 Å². The molecule has 0 unspecified atom stereocenters. The van der Waals surface area contributed by atoms with Gasteiger partial charge in [-0.1, -0.05) is 44.2 Å². The van der Waals surface area contributed by atoms with Crippen molar-refractivity contribution in [3.05, 3.63) is 63.6 Å². The molecule has 2 rings (SSSR count). The van der Waals surface area contributed by atoms with E-state index in [1.165, 1.54) is 0 Å². The van der Waals surface area contributed by atoms with Gasteiger partial charge >= 0.3 is 0 Å². The fraction of sp³-hybridized carbons (Fsp3) is 0.235. The molecule has 20 heavy (non-hydrogen) atoms. The molecule has 0 aliphatic rings. The third kappa shape index (κ3) is 3.10. The second kappa shape index (κ2) is 6.23. The number of nitrogens with one attached hydrogen (secondary N) is 1. The molecule has 0 aliphatic carbocycles.